The average molecular weight is 891 g/mol. The van der Waals surface area contributed by atoms with Crippen molar-refractivity contribution in [3.05, 3.63) is 190 Å². The zero-order valence-corrected chi connectivity index (χ0v) is 35.5. The van der Waals surface area contributed by atoms with Crippen molar-refractivity contribution >= 4 is 45.3 Å². The molecule has 2 aliphatic carbocycles. The van der Waals surface area contributed by atoms with Gasteiger partial charge in [0.2, 0.25) is 20.0 Å². The van der Waals surface area contributed by atoms with Gasteiger partial charge in [-0.2, -0.15) is 33.9 Å². The Balaban J connectivity index is 0.000000189. The summed E-state index contributed by atoms with van der Waals surface area (Å²) >= 11 is 10.1. The van der Waals surface area contributed by atoms with Crippen molar-refractivity contribution in [2.45, 2.75) is 21.3 Å². The van der Waals surface area contributed by atoms with Gasteiger partial charge in [0.15, 0.2) is 0 Å². The van der Waals surface area contributed by atoms with Crippen molar-refractivity contribution < 1.29 is 43.4 Å². The number of nitrogens with zero attached hydrogens (tertiary/aromatic N) is 2. The summed E-state index contributed by atoms with van der Waals surface area (Å²) in [7, 11) is -7.13. The second kappa shape index (κ2) is 18.8. The Morgan fingerprint density at radius 3 is 1.11 bits per heavy atom. The van der Waals surface area contributed by atoms with Gasteiger partial charge in [-0.15, -0.1) is 0 Å². The molecule has 2 aliphatic heterocycles. The van der Waals surface area contributed by atoms with Crippen LogP contribution in [0.2, 0.25) is 0 Å². The molecule has 2 saturated heterocycles. The van der Waals surface area contributed by atoms with Crippen molar-refractivity contribution in [3.8, 4) is 0 Å². The summed E-state index contributed by atoms with van der Waals surface area (Å²) in [4.78, 5) is 0.646. The molecule has 2 fully saturated rings. The monoisotopic (exact) mass is 889 g/mol. The van der Waals surface area contributed by atoms with Crippen molar-refractivity contribution in [2.75, 3.05) is 52.6 Å². The van der Waals surface area contributed by atoms with Gasteiger partial charge in [-0.25, -0.2) is 16.8 Å². The molecule has 0 amide bonds. The normalized spacial score (nSPS) is 25.6. The molecule has 4 aromatic rings. The number of thiol groups is 2. The molecule has 4 aromatic carbocycles. The quantitative estimate of drug-likeness (QED) is 0.142. The Kier molecular flexibility index (Phi) is 14.3. The Bertz CT molecular complexity index is 2130. The van der Waals surface area contributed by atoms with Crippen molar-refractivity contribution in [3.63, 3.8) is 0 Å². The van der Waals surface area contributed by atoms with Crippen LogP contribution in [0.4, 0.5) is 0 Å². The molecule has 8 nitrogen and oxygen atoms in total. The Morgan fingerprint density at radius 2 is 0.789 bits per heavy atom. The van der Waals surface area contributed by atoms with Crippen LogP contribution in [0, 0.1) is 0 Å². The first-order valence-electron chi connectivity index (χ1n) is 18.7. The van der Waals surface area contributed by atoms with Gasteiger partial charge in [0.1, 0.15) is 0 Å². The third kappa shape index (κ3) is 9.34. The van der Waals surface area contributed by atoms with E-state index in [0.29, 0.717) is 62.4 Å². The van der Waals surface area contributed by atoms with Gasteiger partial charge in [-0.05, 0) is 34.4 Å². The topological polar surface area (TPSA) is 93.2 Å². The van der Waals surface area contributed by atoms with Crippen LogP contribution >= 0.6 is 25.3 Å². The van der Waals surface area contributed by atoms with E-state index in [1.807, 2.05) is 146 Å². The average Bonchev–Trinajstić information content (AvgIpc) is 3.26. The molecule has 13 heteroatoms. The zero-order valence-electron chi connectivity index (χ0n) is 31.2. The van der Waals surface area contributed by atoms with E-state index in [0.717, 1.165) is 22.3 Å². The fourth-order valence-corrected chi connectivity index (χ4v) is 11.4. The minimum Gasteiger partial charge on any atom is -0.379 e. The summed E-state index contributed by atoms with van der Waals surface area (Å²) in [5.74, 6) is -0.425. The molecule has 4 aliphatic rings. The number of rotatable bonds is 8. The van der Waals surface area contributed by atoms with E-state index >= 15 is 0 Å². The van der Waals surface area contributed by atoms with Gasteiger partial charge >= 0.3 is 0 Å². The molecule has 4 atom stereocenters. The van der Waals surface area contributed by atoms with Crippen LogP contribution in [0.15, 0.2) is 168 Å². The summed E-state index contributed by atoms with van der Waals surface area (Å²) in [5, 5.41) is 0. The fraction of sp³-hybridized carbons (Fsp3) is 0.273. The van der Waals surface area contributed by atoms with Crippen LogP contribution in [0.25, 0.3) is 0 Å². The summed E-state index contributed by atoms with van der Waals surface area (Å²) < 4.78 is 65.1. The van der Waals surface area contributed by atoms with Gasteiger partial charge in [0.25, 0.3) is 0 Å². The molecule has 0 aromatic heterocycles. The first-order chi connectivity index (χ1) is 27.0. The number of benzene rings is 4. The van der Waals surface area contributed by atoms with Crippen molar-refractivity contribution in [1.82, 2.24) is 8.61 Å². The molecular formula is C44H46CuN2O6S4. The number of sulfonamides is 2. The number of hydrogen-bond donors (Lipinski definition) is 2. The molecule has 0 spiro atoms. The summed E-state index contributed by atoms with van der Waals surface area (Å²) in [6.07, 6.45) is 10.9. The number of hydrogen-bond acceptors (Lipinski definition) is 8. The minimum absolute atomic E-state index is 0. The zero-order chi connectivity index (χ0) is 39.2. The molecular weight excluding hydrogens is 844 g/mol. The van der Waals surface area contributed by atoms with Crippen LogP contribution in [-0.4, -0.2) is 78.1 Å². The van der Waals surface area contributed by atoms with Crippen LogP contribution in [0.3, 0.4) is 0 Å². The number of morpholine rings is 2. The molecule has 0 saturated carbocycles. The van der Waals surface area contributed by atoms with E-state index in [2.05, 4.69) is 0 Å². The first-order valence-corrected chi connectivity index (χ1v) is 22.4. The van der Waals surface area contributed by atoms with Gasteiger partial charge in [0, 0.05) is 55.1 Å². The Hall–Kier alpha value is -3.20. The fourth-order valence-electron chi connectivity index (χ4n) is 7.52. The molecule has 8 rings (SSSR count). The van der Waals surface area contributed by atoms with E-state index in [9.17, 15) is 16.8 Å². The van der Waals surface area contributed by atoms with Crippen LogP contribution in [0.5, 0.6) is 0 Å². The predicted octanol–water partition coefficient (Wildman–Crippen LogP) is 7.42. The number of ether oxygens (including phenoxy) is 2. The molecule has 2 heterocycles. The van der Waals surface area contributed by atoms with Gasteiger partial charge in [-0.1, -0.05) is 146 Å². The summed E-state index contributed by atoms with van der Waals surface area (Å²) in [6.45, 7) is 3.25. The van der Waals surface area contributed by atoms with Crippen LogP contribution in [-0.2, 0) is 56.1 Å². The molecule has 0 bridgehead atoms. The summed E-state index contributed by atoms with van der Waals surface area (Å²) in [6, 6.07) is 39.8. The maximum absolute atomic E-state index is 13.2. The molecule has 1 radical (unpaired) electrons. The standard InChI is InChI=1S/2C22H23NO3S2.Cu/c2*24-28(25,23-13-15-26-16-14-23)20-11-12-22(27,19-9-5-2-6-10-19)21(17-20)18-7-3-1-4-8-18;/h2*1-12,17,21,27H,13-16H2;. The van der Waals surface area contributed by atoms with E-state index in [1.54, 1.807) is 12.2 Å². The molecule has 303 valence electrons. The van der Waals surface area contributed by atoms with Crippen LogP contribution in [0.1, 0.15) is 34.1 Å². The smallest absolute Gasteiger partial charge is 0.242 e. The SMILES string of the molecule is O=S(=O)(C1=CC(c2ccccc2)C(S)(c2ccccc2)C=C1)N1CCOCC1.O=S(=O)(C1=CC(c2ccccc2)C(S)(c2ccccc2)C=C1)N1CCOCC1.[Cu]. The van der Waals surface area contributed by atoms with E-state index in [4.69, 9.17) is 34.7 Å². The minimum atomic E-state index is -3.56. The third-order valence-corrected chi connectivity index (χ3v) is 15.8. The predicted molar refractivity (Wildman–Crippen MR) is 230 cm³/mol. The van der Waals surface area contributed by atoms with E-state index < -0.39 is 29.5 Å². The molecule has 4 unspecified atom stereocenters. The maximum atomic E-state index is 13.2. The van der Waals surface area contributed by atoms with Crippen molar-refractivity contribution in [2.24, 2.45) is 0 Å². The van der Waals surface area contributed by atoms with Gasteiger partial charge in [0.05, 0.1) is 45.7 Å². The van der Waals surface area contributed by atoms with Crippen LogP contribution < -0.4 is 0 Å². The summed E-state index contributed by atoms with van der Waals surface area (Å²) in [5.41, 5.74) is 4.12. The molecule has 0 N–H and O–H groups in total. The third-order valence-electron chi connectivity index (χ3n) is 10.6. The number of allylic oxidation sites excluding steroid dienone is 4. The van der Waals surface area contributed by atoms with E-state index in [-0.39, 0.29) is 28.9 Å². The second-order valence-electron chi connectivity index (χ2n) is 14.0. The van der Waals surface area contributed by atoms with Gasteiger partial charge in [-0.3, -0.25) is 0 Å². The second-order valence-corrected chi connectivity index (χ2v) is 19.4. The maximum Gasteiger partial charge on any atom is 0.242 e. The Labute approximate surface area is 358 Å². The van der Waals surface area contributed by atoms with Gasteiger partial charge < -0.3 is 9.47 Å². The molecule has 57 heavy (non-hydrogen) atoms. The Morgan fingerprint density at radius 1 is 0.491 bits per heavy atom. The van der Waals surface area contributed by atoms with E-state index in [1.165, 1.54) is 8.61 Å². The largest absolute Gasteiger partial charge is 0.379 e. The van der Waals surface area contributed by atoms with Crippen molar-refractivity contribution in [1.29, 1.82) is 0 Å². The first kappa shape index (κ1) is 43.4.